The molecule has 3 nitrogen and oxygen atoms in total. The number of hydrogen-bond acceptors (Lipinski definition) is 4. The minimum absolute atomic E-state index is 0.0435. The minimum atomic E-state index is 0.0435. The number of fused-ring (bicyclic) bond motifs is 3. The molecule has 1 aromatic carbocycles. The van der Waals surface area contributed by atoms with Gasteiger partial charge in [-0.15, -0.1) is 23.1 Å². The average Bonchev–Trinajstić information content (AvgIpc) is 3.13. The zero-order valence-corrected chi connectivity index (χ0v) is 14.4. The summed E-state index contributed by atoms with van der Waals surface area (Å²) in [5.41, 5.74) is 4.58. The first-order valence-electron chi connectivity index (χ1n) is 7.24. The molecule has 0 radical (unpaired) electrons. The average molecular weight is 338 g/mol. The number of benzene rings is 1. The molecule has 0 aliphatic rings. The van der Waals surface area contributed by atoms with Gasteiger partial charge in [-0.3, -0.25) is 9.20 Å². The van der Waals surface area contributed by atoms with Gasteiger partial charge in [0.1, 0.15) is 16.0 Å². The van der Waals surface area contributed by atoms with E-state index in [2.05, 4.69) is 4.40 Å². The Balaban J connectivity index is 2.03. The lowest BCUT2D eigenvalue weighted by molar-refractivity contribution is 0.104. The molecular formula is C18H14N2OS2. The molecule has 5 heteroatoms. The second-order valence-electron chi connectivity index (χ2n) is 5.31. The molecule has 4 aromatic rings. The molecule has 0 aliphatic heterocycles. The summed E-state index contributed by atoms with van der Waals surface area (Å²) in [6.45, 7) is 2.04. The lowest BCUT2D eigenvalue weighted by atomic mass is 10.1. The monoisotopic (exact) mass is 338 g/mol. The normalized spacial score (nSPS) is 11.4. The van der Waals surface area contributed by atoms with Crippen LogP contribution < -0.4 is 0 Å². The first kappa shape index (κ1) is 14.5. The van der Waals surface area contributed by atoms with Gasteiger partial charge < -0.3 is 0 Å². The number of carbonyl (C=O) groups excluding carboxylic acids is 1. The van der Waals surface area contributed by atoms with Gasteiger partial charge in [-0.2, -0.15) is 0 Å². The first-order chi connectivity index (χ1) is 11.2. The fourth-order valence-corrected chi connectivity index (χ4v) is 4.66. The highest BCUT2D eigenvalue weighted by Gasteiger charge is 2.23. The van der Waals surface area contributed by atoms with Crippen LogP contribution in [0.5, 0.6) is 0 Å². The SMILES string of the molecule is CSc1sc(C(=O)c2ccccc2)c2nc3c(C)cccn3c12. The summed E-state index contributed by atoms with van der Waals surface area (Å²) in [4.78, 5) is 18.4. The standard InChI is InChI=1S/C18H14N2OS2/c1-11-7-6-10-20-14-13(19-17(11)20)16(23-18(14)22-2)15(21)12-8-4-3-5-9-12/h3-10H,1-2H3. The smallest absolute Gasteiger partial charge is 0.205 e. The molecule has 3 aromatic heterocycles. The van der Waals surface area contributed by atoms with Crippen LogP contribution in [-0.4, -0.2) is 21.4 Å². The van der Waals surface area contributed by atoms with E-state index in [4.69, 9.17) is 4.98 Å². The summed E-state index contributed by atoms with van der Waals surface area (Å²) in [5, 5.41) is 0. The zero-order valence-electron chi connectivity index (χ0n) is 12.7. The van der Waals surface area contributed by atoms with Crippen LogP contribution in [0.2, 0.25) is 0 Å². The molecule has 0 unspecified atom stereocenters. The zero-order chi connectivity index (χ0) is 16.0. The van der Waals surface area contributed by atoms with E-state index in [1.165, 1.54) is 11.3 Å². The van der Waals surface area contributed by atoms with Crippen molar-refractivity contribution in [3.63, 3.8) is 0 Å². The Kier molecular flexibility index (Phi) is 3.47. The van der Waals surface area contributed by atoms with Crippen molar-refractivity contribution in [2.24, 2.45) is 0 Å². The Hall–Kier alpha value is -2.11. The van der Waals surface area contributed by atoms with E-state index in [1.807, 2.05) is 61.8 Å². The Morgan fingerprint density at radius 1 is 1.17 bits per heavy atom. The summed E-state index contributed by atoms with van der Waals surface area (Å²) >= 11 is 3.20. The van der Waals surface area contributed by atoms with Crippen LogP contribution in [0.4, 0.5) is 0 Å². The van der Waals surface area contributed by atoms with Gasteiger partial charge in [-0.25, -0.2) is 4.98 Å². The maximum Gasteiger partial charge on any atom is 0.205 e. The topological polar surface area (TPSA) is 34.4 Å². The van der Waals surface area contributed by atoms with E-state index in [1.54, 1.807) is 11.8 Å². The molecule has 4 rings (SSSR count). The molecule has 0 fully saturated rings. The van der Waals surface area contributed by atoms with Crippen molar-refractivity contribution in [3.05, 3.63) is 64.7 Å². The number of nitrogens with zero attached hydrogens (tertiary/aromatic N) is 2. The van der Waals surface area contributed by atoms with Crippen molar-refractivity contribution in [3.8, 4) is 0 Å². The molecule has 23 heavy (non-hydrogen) atoms. The molecule has 0 saturated carbocycles. The van der Waals surface area contributed by atoms with Crippen molar-refractivity contribution in [1.29, 1.82) is 0 Å². The molecular weight excluding hydrogens is 324 g/mol. The third kappa shape index (κ3) is 2.19. The highest BCUT2D eigenvalue weighted by Crippen LogP contribution is 2.38. The van der Waals surface area contributed by atoms with Gasteiger partial charge in [-0.1, -0.05) is 36.4 Å². The third-order valence-electron chi connectivity index (χ3n) is 3.88. The van der Waals surface area contributed by atoms with Gasteiger partial charge in [0.05, 0.1) is 9.73 Å². The van der Waals surface area contributed by atoms with Gasteiger partial charge in [0.2, 0.25) is 5.78 Å². The van der Waals surface area contributed by atoms with Crippen LogP contribution in [0.1, 0.15) is 20.8 Å². The summed E-state index contributed by atoms with van der Waals surface area (Å²) in [5.74, 6) is 0.0435. The number of carbonyl (C=O) groups is 1. The van der Waals surface area contributed by atoms with Crippen LogP contribution >= 0.6 is 23.1 Å². The van der Waals surface area contributed by atoms with Crippen molar-refractivity contribution < 1.29 is 4.79 Å². The molecule has 0 saturated heterocycles. The molecule has 0 bridgehead atoms. The van der Waals surface area contributed by atoms with E-state index in [-0.39, 0.29) is 5.78 Å². The Morgan fingerprint density at radius 3 is 2.70 bits per heavy atom. The quantitative estimate of drug-likeness (QED) is 0.397. The summed E-state index contributed by atoms with van der Waals surface area (Å²) in [6.07, 6.45) is 4.05. The van der Waals surface area contributed by atoms with Crippen molar-refractivity contribution in [1.82, 2.24) is 9.38 Å². The second kappa shape index (κ2) is 5.51. The lowest BCUT2D eigenvalue weighted by Crippen LogP contribution is -1.98. The number of aryl methyl sites for hydroxylation is 1. The highest BCUT2D eigenvalue weighted by atomic mass is 32.2. The predicted molar refractivity (Wildman–Crippen MR) is 97.0 cm³/mol. The van der Waals surface area contributed by atoms with E-state index in [0.29, 0.717) is 5.56 Å². The highest BCUT2D eigenvalue weighted by molar-refractivity contribution is 8.00. The molecule has 0 N–H and O–H groups in total. The van der Waals surface area contributed by atoms with E-state index < -0.39 is 0 Å². The van der Waals surface area contributed by atoms with E-state index in [0.717, 1.165) is 31.3 Å². The Morgan fingerprint density at radius 2 is 1.96 bits per heavy atom. The number of aromatic nitrogens is 2. The first-order valence-corrected chi connectivity index (χ1v) is 9.28. The molecule has 0 amide bonds. The molecule has 114 valence electrons. The van der Waals surface area contributed by atoms with Gasteiger partial charge in [0, 0.05) is 11.8 Å². The van der Waals surface area contributed by atoms with Crippen LogP contribution in [0.25, 0.3) is 16.7 Å². The number of hydrogen-bond donors (Lipinski definition) is 0. The van der Waals surface area contributed by atoms with Crippen LogP contribution in [0.15, 0.2) is 52.9 Å². The van der Waals surface area contributed by atoms with Gasteiger partial charge in [-0.05, 0) is 24.8 Å². The number of pyridine rings is 1. The fraction of sp³-hybridized carbons (Fsp3) is 0.111. The van der Waals surface area contributed by atoms with Crippen LogP contribution in [0, 0.1) is 6.92 Å². The third-order valence-corrected chi connectivity index (χ3v) is 6.15. The Bertz CT molecular complexity index is 1030. The predicted octanol–water partition coefficient (Wildman–Crippen LogP) is 4.81. The number of imidazole rings is 1. The van der Waals surface area contributed by atoms with Crippen molar-refractivity contribution in [2.45, 2.75) is 11.1 Å². The van der Waals surface area contributed by atoms with Crippen LogP contribution in [0.3, 0.4) is 0 Å². The van der Waals surface area contributed by atoms with Crippen LogP contribution in [-0.2, 0) is 0 Å². The largest absolute Gasteiger partial charge is 0.298 e. The van der Waals surface area contributed by atoms with Crippen molar-refractivity contribution in [2.75, 3.05) is 6.26 Å². The summed E-state index contributed by atoms with van der Waals surface area (Å²) in [6, 6.07) is 13.5. The number of thiophene rings is 1. The number of rotatable bonds is 3. The summed E-state index contributed by atoms with van der Waals surface area (Å²) in [7, 11) is 0. The van der Waals surface area contributed by atoms with Crippen molar-refractivity contribution >= 4 is 45.6 Å². The second-order valence-corrected chi connectivity index (χ2v) is 7.41. The number of thioether (sulfide) groups is 1. The maximum absolute atomic E-state index is 12.9. The molecule has 3 heterocycles. The van der Waals surface area contributed by atoms with Gasteiger partial charge >= 0.3 is 0 Å². The maximum atomic E-state index is 12.9. The van der Waals surface area contributed by atoms with Gasteiger partial charge in [0.15, 0.2) is 0 Å². The van der Waals surface area contributed by atoms with Gasteiger partial charge in [0.25, 0.3) is 0 Å². The molecule has 0 spiro atoms. The minimum Gasteiger partial charge on any atom is -0.298 e. The molecule has 0 atom stereocenters. The van der Waals surface area contributed by atoms with E-state index >= 15 is 0 Å². The number of ketones is 1. The Labute approximate surface area is 142 Å². The van der Waals surface area contributed by atoms with E-state index in [9.17, 15) is 4.79 Å². The molecule has 0 aliphatic carbocycles. The summed E-state index contributed by atoms with van der Waals surface area (Å²) < 4.78 is 3.21. The fourth-order valence-electron chi connectivity index (χ4n) is 2.76. The lowest BCUT2D eigenvalue weighted by Gasteiger charge is -1.99.